The van der Waals surface area contributed by atoms with Gasteiger partial charge in [-0.15, -0.1) is 0 Å². The maximum Gasteiger partial charge on any atom is 0.123 e. The van der Waals surface area contributed by atoms with Crippen LogP contribution in [0.4, 0.5) is 4.39 Å². The molecule has 15 heavy (non-hydrogen) atoms. The van der Waals surface area contributed by atoms with Crippen molar-refractivity contribution in [2.24, 2.45) is 0 Å². The second-order valence-electron chi connectivity index (χ2n) is 4.40. The molecule has 0 radical (unpaired) electrons. The molecule has 1 aliphatic heterocycles. The molecule has 1 atom stereocenters. The zero-order chi connectivity index (χ0) is 10.9. The number of aliphatic hydroxyl groups is 1. The molecule has 82 valence electrons. The van der Waals surface area contributed by atoms with Gasteiger partial charge < -0.3 is 10.4 Å². The predicted octanol–water partition coefficient (Wildman–Crippen LogP) is 1.40. The monoisotopic (exact) mass is 209 g/mol. The Kier molecular flexibility index (Phi) is 2.76. The predicted molar refractivity (Wildman–Crippen MR) is 57.3 cm³/mol. The van der Waals surface area contributed by atoms with Crippen LogP contribution in [0.25, 0.3) is 0 Å². The number of β-amino-alcohol motifs (C(OH)–C–C–N with tert-alkyl or cyclic N) is 1. The van der Waals surface area contributed by atoms with Crippen molar-refractivity contribution in [1.29, 1.82) is 0 Å². The highest BCUT2D eigenvalue weighted by atomic mass is 19.1. The number of rotatable bonds is 2. The fourth-order valence-corrected chi connectivity index (χ4v) is 2.07. The highest BCUT2D eigenvalue weighted by molar-refractivity contribution is 5.28. The number of nitrogens with one attached hydrogen (secondary N) is 1. The fourth-order valence-electron chi connectivity index (χ4n) is 2.07. The average molecular weight is 209 g/mol. The zero-order valence-electron chi connectivity index (χ0n) is 8.89. The number of hydrogen-bond acceptors (Lipinski definition) is 2. The van der Waals surface area contributed by atoms with Crippen molar-refractivity contribution in [2.75, 3.05) is 13.1 Å². The molecule has 1 unspecified atom stereocenters. The topological polar surface area (TPSA) is 32.3 Å². The first-order chi connectivity index (χ1) is 7.09. The summed E-state index contributed by atoms with van der Waals surface area (Å²) < 4.78 is 13.0. The molecule has 0 spiro atoms. The van der Waals surface area contributed by atoms with Crippen molar-refractivity contribution in [1.82, 2.24) is 5.32 Å². The number of benzene rings is 1. The highest BCUT2D eigenvalue weighted by Gasteiger charge is 2.31. The average Bonchev–Trinajstić information content (AvgIpc) is 2.59. The normalized spacial score (nSPS) is 25.8. The first kappa shape index (κ1) is 10.6. The Balaban J connectivity index is 2.19. The Labute approximate surface area is 89.1 Å². The lowest BCUT2D eigenvalue weighted by atomic mass is 9.91. The van der Waals surface area contributed by atoms with Crippen molar-refractivity contribution in [3.8, 4) is 0 Å². The van der Waals surface area contributed by atoms with Crippen LogP contribution in [0.3, 0.4) is 0 Å². The summed E-state index contributed by atoms with van der Waals surface area (Å²) in [4.78, 5) is 0. The molecule has 1 fully saturated rings. The van der Waals surface area contributed by atoms with Gasteiger partial charge in [0.05, 0.1) is 5.60 Å². The molecule has 1 aliphatic rings. The Morgan fingerprint density at radius 1 is 1.53 bits per heavy atom. The molecular formula is C12H16FNO. The number of aryl methyl sites for hydroxylation is 1. The molecule has 0 bridgehead atoms. The first-order valence-corrected chi connectivity index (χ1v) is 5.27. The molecule has 2 rings (SSSR count). The molecular weight excluding hydrogens is 193 g/mol. The molecule has 2 nitrogen and oxygen atoms in total. The van der Waals surface area contributed by atoms with Crippen LogP contribution in [-0.2, 0) is 6.42 Å². The van der Waals surface area contributed by atoms with Gasteiger partial charge in [0.1, 0.15) is 5.82 Å². The fraction of sp³-hybridized carbons (Fsp3) is 0.500. The minimum atomic E-state index is -0.696. The molecule has 1 heterocycles. The van der Waals surface area contributed by atoms with E-state index in [9.17, 15) is 9.50 Å². The molecule has 0 amide bonds. The van der Waals surface area contributed by atoms with E-state index in [0.29, 0.717) is 13.0 Å². The van der Waals surface area contributed by atoms with Crippen LogP contribution < -0.4 is 5.32 Å². The lowest BCUT2D eigenvalue weighted by Gasteiger charge is -2.22. The van der Waals surface area contributed by atoms with Gasteiger partial charge in [0.25, 0.3) is 0 Å². The minimum absolute atomic E-state index is 0.231. The molecule has 2 N–H and O–H groups in total. The summed E-state index contributed by atoms with van der Waals surface area (Å²) >= 11 is 0. The summed E-state index contributed by atoms with van der Waals surface area (Å²) in [5, 5.41) is 13.3. The first-order valence-electron chi connectivity index (χ1n) is 5.27. The van der Waals surface area contributed by atoms with Crippen molar-refractivity contribution >= 4 is 0 Å². The summed E-state index contributed by atoms with van der Waals surface area (Å²) in [6, 6.07) is 4.73. The third kappa shape index (κ3) is 2.36. The van der Waals surface area contributed by atoms with Gasteiger partial charge in [0.2, 0.25) is 0 Å². The largest absolute Gasteiger partial charge is 0.388 e. The summed E-state index contributed by atoms with van der Waals surface area (Å²) in [5.74, 6) is -0.231. The van der Waals surface area contributed by atoms with E-state index >= 15 is 0 Å². The van der Waals surface area contributed by atoms with Crippen LogP contribution >= 0.6 is 0 Å². The lowest BCUT2D eigenvalue weighted by molar-refractivity contribution is 0.0617. The van der Waals surface area contributed by atoms with Gasteiger partial charge in [-0.25, -0.2) is 4.39 Å². The van der Waals surface area contributed by atoms with Crippen LogP contribution in [-0.4, -0.2) is 23.8 Å². The molecule has 0 aromatic heterocycles. The summed E-state index contributed by atoms with van der Waals surface area (Å²) in [6.45, 7) is 3.38. The van der Waals surface area contributed by atoms with E-state index in [1.54, 1.807) is 6.07 Å². The summed E-state index contributed by atoms with van der Waals surface area (Å²) in [5.41, 5.74) is 1.25. The Morgan fingerprint density at radius 3 is 3.00 bits per heavy atom. The summed E-state index contributed by atoms with van der Waals surface area (Å²) in [6.07, 6.45) is 1.27. The smallest absolute Gasteiger partial charge is 0.123 e. The van der Waals surface area contributed by atoms with E-state index in [4.69, 9.17) is 0 Å². The Morgan fingerprint density at radius 2 is 2.33 bits per heavy atom. The van der Waals surface area contributed by atoms with Gasteiger partial charge >= 0.3 is 0 Å². The number of halogens is 1. The molecule has 1 aromatic rings. The quantitative estimate of drug-likeness (QED) is 0.771. The third-order valence-corrected chi connectivity index (χ3v) is 3.05. The second-order valence-corrected chi connectivity index (χ2v) is 4.40. The van der Waals surface area contributed by atoms with E-state index in [1.165, 1.54) is 12.1 Å². The third-order valence-electron chi connectivity index (χ3n) is 3.05. The van der Waals surface area contributed by atoms with Gasteiger partial charge in [-0.05, 0) is 43.1 Å². The van der Waals surface area contributed by atoms with Crippen LogP contribution in [0.15, 0.2) is 18.2 Å². The van der Waals surface area contributed by atoms with Crippen molar-refractivity contribution in [3.05, 3.63) is 35.1 Å². The molecule has 1 aromatic carbocycles. The maximum absolute atomic E-state index is 13.0. The molecule has 0 aliphatic carbocycles. The van der Waals surface area contributed by atoms with Gasteiger partial charge in [-0.1, -0.05) is 6.07 Å². The van der Waals surface area contributed by atoms with Gasteiger partial charge in [-0.2, -0.15) is 0 Å². The van der Waals surface area contributed by atoms with E-state index < -0.39 is 5.60 Å². The molecule has 3 heteroatoms. The Hall–Kier alpha value is -0.930. The highest BCUT2D eigenvalue weighted by Crippen LogP contribution is 2.22. The van der Waals surface area contributed by atoms with Crippen LogP contribution in [0.2, 0.25) is 0 Å². The minimum Gasteiger partial charge on any atom is -0.388 e. The molecule has 1 saturated heterocycles. The second kappa shape index (κ2) is 3.91. The number of hydrogen-bond donors (Lipinski definition) is 2. The summed E-state index contributed by atoms with van der Waals surface area (Å²) in [7, 11) is 0. The van der Waals surface area contributed by atoms with E-state index in [2.05, 4.69) is 5.32 Å². The molecule has 0 saturated carbocycles. The maximum atomic E-state index is 13.0. The Bertz CT molecular complexity index is 359. The van der Waals surface area contributed by atoms with E-state index in [0.717, 1.165) is 24.1 Å². The van der Waals surface area contributed by atoms with Crippen LogP contribution in [0.1, 0.15) is 17.5 Å². The van der Waals surface area contributed by atoms with Gasteiger partial charge in [-0.3, -0.25) is 0 Å². The van der Waals surface area contributed by atoms with E-state index in [-0.39, 0.29) is 5.82 Å². The van der Waals surface area contributed by atoms with Crippen LogP contribution in [0, 0.1) is 12.7 Å². The lowest BCUT2D eigenvalue weighted by Crippen LogP contribution is -2.34. The van der Waals surface area contributed by atoms with Crippen molar-refractivity contribution < 1.29 is 9.50 Å². The zero-order valence-corrected chi connectivity index (χ0v) is 8.89. The van der Waals surface area contributed by atoms with Gasteiger partial charge in [0.15, 0.2) is 0 Å². The standard InChI is InChI=1S/C12H16FNO/c1-9-2-3-11(13)6-10(9)7-12(15)4-5-14-8-12/h2-3,6,14-15H,4-5,7-8H2,1H3. The van der Waals surface area contributed by atoms with Crippen molar-refractivity contribution in [2.45, 2.75) is 25.4 Å². The van der Waals surface area contributed by atoms with Crippen LogP contribution in [0.5, 0.6) is 0 Å². The van der Waals surface area contributed by atoms with Gasteiger partial charge in [0, 0.05) is 13.0 Å². The SMILES string of the molecule is Cc1ccc(F)cc1CC1(O)CCNC1. The van der Waals surface area contributed by atoms with Crippen molar-refractivity contribution in [3.63, 3.8) is 0 Å². The van der Waals surface area contributed by atoms with E-state index in [1.807, 2.05) is 6.92 Å².